The van der Waals surface area contributed by atoms with Crippen LogP contribution < -0.4 is 5.32 Å². The van der Waals surface area contributed by atoms with Crippen LogP contribution in [-0.2, 0) is 4.79 Å². The molecule has 2 aromatic rings. The van der Waals surface area contributed by atoms with Gasteiger partial charge in [0.05, 0.1) is 0 Å². The van der Waals surface area contributed by atoms with Crippen molar-refractivity contribution in [3.8, 4) is 6.07 Å². The highest BCUT2D eigenvalue weighted by atomic mass is 32.1. The second-order valence-electron chi connectivity index (χ2n) is 3.24. The van der Waals surface area contributed by atoms with Gasteiger partial charge in [-0.05, 0) is 23.8 Å². The molecule has 0 bridgehead atoms. The van der Waals surface area contributed by atoms with Crippen molar-refractivity contribution < 1.29 is 4.79 Å². The van der Waals surface area contributed by atoms with Gasteiger partial charge in [-0.25, -0.2) is 4.98 Å². The zero-order valence-corrected chi connectivity index (χ0v) is 10.0. The lowest BCUT2D eigenvalue weighted by molar-refractivity contribution is -0.112. The van der Waals surface area contributed by atoms with Crippen molar-refractivity contribution in [1.82, 2.24) is 9.97 Å². The largest absolute Gasteiger partial charge is 0.297 e. The summed E-state index contributed by atoms with van der Waals surface area (Å²) in [6.45, 7) is 0. The summed E-state index contributed by atoms with van der Waals surface area (Å²) in [5.74, 6) is -0.468. The topological polar surface area (TPSA) is 78.7 Å². The van der Waals surface area contributed by atoms with E-state index >= 15 is 0 Å². The van der Waals surface area contributed by atoms with Crippen molar-refractivity contribution in [2.24, 2.45) is 0 Å². The number of anilines is 1. The van der Waals surface area contributed by atoms with Crippen LogP contribution in [0.2, 0.25) is 0 Å². The minimum atomic E-state index is -0.468. The van der Waals surface area contributed by atoms with E-state index in [9.17, 15) is 4.79 Å². The first-order chi connectivity index (χ1) is 8.79. The monoisotopic (exact) mass is 256 g/mol. The summed E-state index contributed by atoms with van der Waals surface area (Å²) in [5, 5.41) is 13.7. The third kappa shape index (κ3) is 2.99. The Bertz CT molecular complexity index is 599. The molecule has 0 unspecified atom stereocenters. The predicted octanol–water partition coefficient (Wildman–Crippen LogP) is 2.08. The van der Waals surface area contributed by atoms with Crippen molar-refractivity contribution in [2.75, 3.05) is 5.32 Å². The van der Waals surface area contributed by atoms with Gasteiger partial charge in [0, 0.05) is 24.0 Å². The third-order valence-electron chi connectivity index (χ3n) is 2.03. The standard InChI is InChI=1S/C12H8N4OS/c13-8-10(7-9-1-3-14-4-2-9)11(17)16-12-15-5-6-18-12/h1-7H,(H,15,16,17)/b10-7+. The number of amides is 1. The van der Waals surface area contributed by atoms with Crippen molar-refractivity contribution in [2.45, 2.75) is 0 Å². The fraction of sp³-hybridized carbons (Fsp3) is 0. The van der Waals surface area contributed by atoms with Crippen LogP contribution >= 0.6 is 11.3 Å². The molecule has 0 spiro atoms. The van der Waals surface area contributed by atoms with Crippen molar-refractivity contribution in [3.05, 3.63) is 47.2 Å². The van der Waals surface area contributed by atoms with Crippen LogP contribution in [0, 0.1) is 11.3 Å². The maximum absolute atomic E-state index is 11.8. The minimum Gasteiger partial charge on any atom is -0.297 e. The van der Waals surface area contributed by atoms with Gasteiger partial charge in [-0.3, -0.25) is 15.1 Å². The Kier molecular flexibility index (Phi) is 3.79. The molecular weight excluding hydrogens is 248 g/mol. The van der Waals surface area contributed by atoms with E-state index in [2.05, 4.69) is 15.3 Å². The molecule has 2 rings (SSSR count). The summed E-state index contributed by atoms with van der Waals surface area (Å²) < 4.78 is 0. The number of nitrogens with one attached hydrogen (secondary N) is 1. The number of rotatable bonds is 3. The van der Waals surface area contributed by atoms with Gasteiger partial charge >= 0.3 is 0 Å². The van der Waals surface area contributed by atoms with Gasteiger partial charge in [0.15, 0.2) is 5.13 Å². The second-order valence-corrected chi connectivity index (χ2v) is 4.14. The molecule has 0 saturated heterocycles. The first-order valence-corrected chi connectivity index (χ1v) is 5.90. The fourth-order valence-electron chi connectivity index (χ4n) is 1.22. The normalized spacial score (nSPS) is 10.7. The fourth-order valence-corrected chi connectivity index (χ4v) is 1.75. The smallest absolute Gasteiger partial charge is 0.268 e. The number of hydrogen-bond acceptors (Lipinski definition) is 5. The molecule has 1 N–H and O–H groups in total. The molecular formula is C12H8N4OS. The van der Waals surface area contributed by atoms with Gasteiger partial charge in [0.1, 0.15) is 11.6 Å². The maximum Gasteiger partial charge on any atom is 0.268 e. The molecule has 5 nitrogen and oxygen atoms in total. The molecule has 0 atom stereocenters. The van der Waals surface area contributed by atoms with E-state index in [1.165, 1.54) is 17.4 Å². The molecule has 6 heteroatoms. The van der Waals surface area contributed by atoms with Crippen LogP contribution in [0.4, 0.5) is 5.13 Å². The molecule has 0 fully saturated rings. The van der Waals surface area contributed by atoms with Gasteiger partial charge in [-0.15, -0.1) is 11.3 Å². The van der Waals surface area contributed by atoms with Gasteiger partial charge in [-0.2, -0.15) is 5.26 Å². The SMILES string of the molecule is N#C/C(=C\c1ccncc1)C(=O)Nc1nccs1. The van der Waals surface area contributed by atoms with Gasteiger partial charge in [0.25, 0.3) is 5.91 Å². The number of aromatic nitrogens is 2. The van der Waals surface area contributed by atoms with Crippen LogP contribution in [0.1, 0.15) is 5.56 Å². The lowest BCUT2D eigenvalue weighted by Gasteiger charge is -1.99. The van der Waals surface area contributed by atoms with Crippen LogP contribution in [-0.4, -0.2) is 15.9 Å². The third-order valence-corrected chi connectivity index (χ3v) is 2.72. The van der Waals surface area contributed by atoms with E-state index in [-0.39, 0.29) is 5.57 Å². The summed E-state index contributed by atoms with van der Waals surface area (Å²) >= 11 is 1.30. The molecule has 0 radical (unpaired) electrons. The Labute approximate surface area is 107 Å². The average molecular weight is 256 g/mol. The van der Waals surface area contributed by atoms with Crippen LogP contribution in [0.3, 0.4) is 0 Å². The summed E-state index contributed by atoms with van der Waals surface area (Å²) in [6.07, 6.45) is 6.28. The quantitative estimate of drug-likeness (QED) is 0.673. The zero-order valence-electron chi connectivity index (χ0n) is 9.20. The number of pyridine rings is 1. The Hall–Kier alpha value is -2.52. The molecule has 18 heavy (non-hydrogen) atoms. The summed E-state index contributed by atoms with van der Waals surface area (Å²) in [6, 6.07) is 5.30. The van der Waals surface area contributed by atoms with E-state index in [1.807, 2.05) is 6.07 Å². The average Bonchev–Trinajstić information content (AvgIpc) is 2.90. The lowest BCUT2D eigenvalue weighted by Crippen LogP contribution is -2.13. The number of carbonyl (C=O) groups excluding carboxylic acids is 1. The summed E-state index contributed by atoms with van der Waals surface area (Å²) in [4.78, 5) is 19.6. The first kappa shape index (κ1) is 12.0. The molecule has 2 heterocycles. The first-order valence-electron chi connectivity index (χ1n) is 5.02. The number of nitrogens with zero attached hydrogens (tertiary/aromatic N) is 3. The zero-order chi connectivity index (χ0) is 12.8. The van der Waals surface area contributed by atoms with Crippen LogP contribution in [0.25, 0.3) is 6.08 Å². The minimum absolute atomic E-state index is 0.0244. The van der Waals surface area contributed by atoms with Crippen molar-refractivity contribution >= 4 is 28.5 Å². The second kappa shape index (κ2) is 5.70. The van der Waals surface area contributed by atoms with Crippen molar-refractivity contribution in [3.63, 3.8) is 0 Å². The van der Waals surface area contributed by atoms with E-state index in [4.69, 9.17) is 5.26 Å². The lowest BCUT2D eigenvalue weighted by atomic mass is 10.1. The van der Waals surface area contributed by atoms with Crippen molar-refractivity contribution in [1.29, 1.82) is 5.26 Å². The molecule has 0 aliphatic heterocycles. The number of thiazole rings is 1. The molecule has 0 aromatic carbocycles. The predicted molar refractivity (Wildman–Crippen MR) is 68.6 cm³/mol. The Morgan fingerprint density at radius 3 is 2.78 bits per heavy atom. The number of hydrogen-bond donors (Lipinski definition) is 1. The Morgan fingerprint density at radius 2 is 2.17 bits per heavy atom. The van der Waals surface area contributed by atoms with E-state index < -0.39 is 5.91 Å². The molecule has 1 amide bonds. The summed E-state index contributed by atoms with van der Waals surface area (Å²) in [7, 11) is 0. The highest BCUT2D eigenvalue weighted by molar-refractivity contribution is 7.13. The van der Waals surface area contributed by atoms with Crippen LogP contribution in [0.5, 0.6) is 0 Å². The highest BCUT2D eigenvalue weighted by Gasteiger charge is 2.10. The van der Waals surface area contributed by atoms with Gasteiger partial charge in [-0.1, -0.05) is 0 Å². The summed E-state index contributed by atoms with van der Waals surface area (Å²) in [5.41, 5.74) is 0.771. The van der Waals surface area contributed by atoms with Gasteiger partial charge in [0.2, 0.25) is 0 Å². The van der Waals surface area contributed by atoms with Crippen LogP contribution in [0.15, 0.2) is 41.7 Å². The maximum atomic E-state index is 11.8. The number of nitriles is 1. The van der Waals surface area contributed by atoms with E-state index in [1.54, 1.807) is 36.1 Å². The number of carbonyl (C=O) groups is 1. The molecule has 88 valence electrons. The van der Waals surface area contributed by atoms with Gasteiger partial charge < -0.3 is 0 Å². The van der Waals surface area contributed by atoms with E-state index in [0.717, 1.165) is 5.56 Å². The molecule has 0 aliphatic carbocycles. The Balaban J connectivity index is 2.17. The molecule has 2 aromatic heterocycles. The highest BCUT2D eigenvalue weighted by Crippen LogP contribution is 2.13. The molecule has 0 aliphatic rings. The molecule has 0 saturated carbocycles. The Morgan fingerprint density at radius 1 is 1.39 bits per heavy atom. The van der Waals surface area contributed by atoms with E-state index in [0.29, 0.717) is 5.13 Å².